The maximum atomic E-state index is 5.88. The number of aryl methyl sites for hydroxylation is 1. The third kappa shape index (κ3) is 1.52. The molecule has 2 rings (SSSR count). The average Bonchev–Trinajstić information content (AvgIpc) is 2.57. The first kappa shape index (κ1) is 10.9. The molecule has 16 heavy (non-hydrogen) atoms. The monoisotopic (exact) mass is 219 g/mol. The highest BCUT2D eigenvalue weighted by Gasteiger charge is 2.21. The second-order valence-corrected chi connectivity index (χ2v) is 4.84. The van der Waals surface area contributed by atoms with Gasteiger partial charge < -0.3 is 5.73 Å². The molecule has 0 aromatic carbocycles. The minimum absolute atomic E-state index is 0.105. The normalized spacial score (nSPS) is 12.2. The average molecular weight is 219 g/mol. The van der Waals surface area contributed by atoms with Crippen LogP contribution in [0, 0.1) is 0 Å². The van der Waals surface area contributed by atoms with Gasteiger partial charge in [-0.25, -0.2) is 14.6 Å². The molecule has 86 valence electrons. The maximum Gasteiger partial charge on any atom is 0.164 e. The fourth-order valence-electron chi connectivity index (χ4n) is 1.76. The maximum absolute atomic E-state index is 5.88. The van der Waals surface area contributed by atoms with Crippen molar-refractivity contribution in [3.05, 3.63) is 12.0 Å². The summed E-state index contributed by atoms with van der Waals surface area (Å²) in [7, 11) is 0. The van der Waals surface area contributed by atoms with Gasteiger partial charge in [-0.1, -0.05) is 6.92 Å². The van der Waals surface area contributed by atoms with E-state index in [1.807, 2.05) is 4.68 Å². The van der Waals surface area contributed by atoms with Crippen LogP contribution in [0.5, 0.6) is 0 Å². The van der Waals surface area contributed by atoms with Gasteiger partial charge in [0.05, 0.1) is 16.6 Å². The van der Waals surface area contributed by atoms with E-state index >= 15 is 0 Å². The highest BCUT2D eigenvalue weighted by atomic mass is 15.3. The Labute approximate surface area is 94.7 Å². The summed E-state index contributed by atoms with van der Waals surface area (Å²) in [4.78, 5) is 8.31. The molecule has 5 nitrogen and oxygen atoms in total. The van der Waals surface area contributed by atoms with Crippen molar-refractivity contribution < 1.29 is 0 Å². The van der Waals surface area contributed by atoms with Crippen LogP contribution in [-0.2, 0) is 12.0 Å². The molecule has 0 aliphatic carbocycles. The van der Waals surface area contributed by atoms with Gasteiger partial charge in [-0.3, -0.25) is 0 Å². The Morgan fingerprint density at radius 2 is 2.00 bits per heavy atom. The molecule has 0 spiro atoms. The van der Waals surface area contributed by atoms with Crippen molar-refractivity contribution >= 4 is 16.9 Å². The zero-order chi connectivity index (χ0) is 11.9. The third-order valence-corrected chi connectivity index (χ3v) is 2.54. The third-order valence-electron chi connectivity index (χ3n) is 2.54. The summed E-state index contributed by atoms with van der Waals surface area (Å²) >= 11 is 0. The van der Waals surface area contributed by atoms with Gasteiger partial charge in [0.15, 0.2) is 5.65 Å². The fourth-order valence-corrected chi connectivity index (χ4v) is 1.76. The van der Waals surface area contributed by atoms with E-state index in [1.165, 1.54) is 6.33 Å². The Morgan fingerprint density at radius 1 is 1.31 bits per heavy atom. The number of aromatic nitrogens is 4. The molecule has 0 saturated carbocycles. The molecule has 0 atom stereocenters. The topological polar surface area (TPSA) is 69.6 Å². The molecule has 5 heteroatoms. The zero-order valence-corrected chi connectivity index (χ0v) is 10.2. The lowest BCUT2D eigenvalue weighted by Gasteiger charge is -2.19. The number of nitrogens with zero attached hydrogens (tertiary/aromatic N) is 4. The Balaban J connectivity index is 2.84. The Bertz CT molecular complexity index is 521. The molecule has 0 bridgehead atoms. The zero-order valence-electron chi connectivity index (χ0n) is 10.2. The second-order valence-electron chi connectivity index (χ2n) is 4.84. The molecule has 2 N–H and O–H groups in total. The predicted molar refractivity (Wildman–Crippen MR) is 64.1 cm³/mol. The highest BCUT2D eigenvalue weighted by molar-refractivity contribution is 5.88. The first-order chi connectivity index (χ1) is 7.45. The van der Waals surface area contributed by atoms with Gasteiger partial charge in [0.2, 0.25) is 0 Å². The van der Waals surface area contributed by atoms with Gasteiger partial charge in [0.25, 0.3) is 0 Å². The molecule has 2 aromatic rings. The first-order valence-corrected chi connectivity index (χ1v) is 5.43. The van der Waals surface area contributed by atoms with Gasteiger partial charge in [0, 0.05) is 0 Å². The van der Waals surface area contributed by atoms with Crippen LogP contribution in [0.2, 0.25) is 0 Å². The first-order valence-electron chi connectivity index (χ1n) is 5.43. The minimum Gasteiger partial charge on any atom is -0.383 e. The molecular weight excluding hydrogens is 202 g/mol. The van der Waals surface area contributed by atoms with E-state index in [2.05, 4.69) is 42.8 Å². The molecule has 2 aromatic heterocycles. The van der Waals surface area contributed by atoms with Crippen LogP contribution in [0.4, 0.5) is 5.82 Å². The number of fused-ring (bicyclic) bond motifs is 1. The van der Waals surface area contributed by atoms with Crippen LogP contribution >= 0.6 is 0 Å². The van der Waals surface area contributed by atoms with E-state index in [4.69, 9.17) is 5.73 Å². The van der Waals surface area contributed by atoms with Gasteiger partial charge in [0.1, 0.15) is 12.1 Å². The molecule has 2 heterocycles. The summed E-state index contributed by atoms with van der Waals surface area (Å²) in [6, 6.07) is 0. The van der Waals surface area contributed by atoms with Gasteiger partial charge in [-0.05, 0) is 27.2 Å². The summed E-state index contributed by atoms with van der Waals surface area (Å²) in [5.74, 6) is 0.511. The summed E-state index contributed by atoms with van der Waals surface area (Å²) in [5, 5.41) is 5.46. The van der Waals surface area contributed by atoms with Crippen LogP contribution in [0.1, 0.15) is 33.4 Å². The van der Waals surface area contributed by atoms with Crippen molar-refractivity contribution in [2.24, 2.45) is 0 Å². The van der Waals surface area contributed by atoms with Gasteiger partial charge >= 0.3 is 0 Å². The molecule has 0 unspecified atom stereocenters. The van der Waals surface area contributed by atoms with E-state index in [9.17, 15) is 0 Å². The largest absolute Gasteiger partial charge is 0.383 e. The van der Waals surface area contributed by atoms with Crippen molar-refractivity contribution in [3.8, 4) is 0 Å². The molecule has 0 fully saturated rings. The molecule has 0 saturated heterocycles. The van der Waals surface area contributed by atoms with E-state index in [1.54, 1.807) is 0 Å². The van der Waals surface area contributed by atoms with Crippen molar-refractivity contribution in [1.29, 1.82) is 0 Å². The molecule has 0 amide bonds. The lowest BCUT2D eigenvalue weighted by molar-refractivity contribution is 0.363. The molecule has 0 radical (unpaired) electrons. The van der Waals surface area contributed by atoms with E-state index in [0.29, 0.717) is 5.82 Å². The number of anilines is 1. The van der Waals surface area contributed by atoms with E-state index < -0.39 is 0 Å². The molecular formula is C11H17N5. The van der Waals surface area contributed by atoms with Crippen LogP contribution in [-0.4, -0.2) is 19.7 Å². The van der Waals surface area contributed by atoms with Crippen LogP contribution in [0.15, 0.2) is 6.33 Å². The number of hydrogen-bond acceptors (Lipinski definition) is 4. The summed E-state index contributed by atoms with van der Waals surface area (Å²) < 4.78 is 1.92. The lowest BCUT2D eigenvalue weighted by Crippen LogP contribution is -2.23. The van der Waals surface area contributed by atoms with E-state index in [-0.39, 0.29) is 5.54 Å². The SMILES string of the molecule is CCc1nn(C(C)(C)C)c2ncnc(N)c12. The van der Waals surface area contributed by atoms with Crippen LogP contribution < -0.4 is 5.73 Å². The van der Waals surface area contributed by atoms with Crippen molar-refractivity contribution in [1.82, 2.24) is 19.7 Å². The van der Waals surface area contributed by atoms with Crippen molar-refractivity contribution in [2.75, 3.05) is 5.73 Å². The Kier molecular flexibility index (Phi) is 2.33. The second kappa shape index (κ2) is 3.43. The highest BCUT2D eigenvalue weighted by Crippen LogP contribution is 2.26. The van der Waals surface area contributed by atoms with E-state index in [0.717, 1.165) is 23.1 Å². The smallest absolute Gasteiger partial charge is 0.164 e. The Morgan fingerprint density at radius 3 is 2.56 bits per heavy atom. The molecule has 0 aliphatic heterocycles. The lowest BCUT2D eigenvalue weighted by atomic mass is 10.1. The quantitative estimate of drug-likeness (QED) is 0.793. The number of nitrogen functional groups attached to an aromatic ring is 1. The van der Waals surface area contributed by atoms with Crippen LogP contribution in [0.25, 0.3) is 11.0 Å². The fraction of sp³-hybridized carbons (Fsp3) is 0.545. The number of hydrogen-bond donors (Lipinski definition) is 1. The van der Waals surface area contributed by atoms with Crippen molar-refractivity contribution in [3.63, 3.8) is 0 Å². The summed E-state index contributed by atoms with van der Waals surface area (Å²) in [6.07, 6.45) is 2.32. The Hall–Kier alpha value is -1.65. The minimum atomic E-state index is -0.105. The number of nitrogens with two attached hydrogens (primary N) is 1. The predicted octanol–water partition coefficient (Wildman–Crippen LogP) is 1.73. The van der Waals surface area contributed by atoms with Gasteiger partial charge in [-0.15, -0.1) is 0 Å². The van der Waals surface area contributed by atoms with Crippen molar-refractivity contribution in [2.45, 2.75) is 39.7 Å². The van der Waals surface area contributed by atoms with Crippen LogP contribution in [0.3, 0.4) is 0 Å². The number of rotatable bonds is 1. The summed E-state index contributed by atoms with van der Waals surface area (Å²) in [5.41, 5.74) is 7.56. The molecule has 0 aliphatic rings. The summed E-state index contributed by atoms with van der Waals surface area (Å²) in [6.45, 7) is 8.34. The van der Waals surface area contributed by atoms with Gasteiger partial charge in [-0.2, -0.15) is 5.10 Å². The standard InChI is InChI=1S/C11H17N5/c1-5-7-8-9(12)13-6-14-10(8)16(15-7)11(2,3)4/h6H,5H2,1-4H3,(H2,12,13,14).